The predicted octanol–water partition coefficient (Wildman–Crippen LogP) is 2.91. The first-order valence-corrected chi connectivity index (χ1v) is 8.81. The highest BCUT2D eigenvalue weighted by Gasteiger charge is 2.10. The normalized spacial score (nSPS) is 10.1. The minimum absolute atomic E-state index is 0.133. The fourth-order valence-corrected chi connectivity index (χ4v) is 2.47. The molecule has 3 amide bonds. The van der Waals surface area contributed by atoms with Gasteiger partial charge in [-0.05, 0) is 42.5 Å². The molecule has 0 aliphatic carbocycles. The van der Waals surface area contributed by atoms with Crippen molar-refractivity contribution in [2.75, 3.05) is 26.0 Å². The Bertz CT molecular complexity index is 804. The summed E-state index contributed by atoms with van der Waals surface area (Å²) in [6.45, 7) is 0.219. The molecule has 0 saturated carbocycles. The Hall–Kier alpha value is -2.67. The Balaban J connectivity index is 1.83. The highest BCUT2D eigenvalue weighted by Crippen LogP contribution is 2.12. The van der Waals surface area contributed by atoms with Crippen molar-refractivity contribution in [2.45, 2.75) is 6.42 Å². The van der Waals surface area contributed by atoms with E-state index in [0.29, 0.717) is 16.8 Å². The van der Waals surface area contributed by atoms with Crippen LogP contribution in [0.15, 0.2) is 53.0 Å². The average molecular weight is 418 g/mol. The first-order chi connectivity index (χ1) is 12.4. The van der Waals surface area contributed by atoms with Gasteiger partial charge in [0.25, 0.3) is 11.8 Å². The SMILES string of the molecule is CN(C)C(=O)c1cccc(NC(=O)CCNC(=O)c2ccc(Br)cc2)c1. The first kappa shape index (κ1) is 19.7. The summed E-state index contributed by atoms with van der Waals surface area (Å²) in [5, 5.41) is 5.43. The van der Waals surface area contributed by atoms with E-state index < -0.39 is 0 Å². The standard InChI is InChI=1S/C19H20BrN3O3/c1-23(2)19(26)14-4-3-5-16(12-14)22-17(24)10-11-21-18(25)13-6-8-15(20)9-7-13/h3-9,12H,10-11H2,1-2H3,(H,21,25)(H,22,24). The van der Waals surface area contributed by atoms with Gasteiger partial charge < -0.3 is 15.5 Å². The lowest BCUT2D eigenvalue weighted by Gasteiger charge is -2.12. The lowest BCUT2D eigenvalue weighted by molar-refractivity contribution is -0.116. The third-order valence-electron chi connectivity index (χ3n) is 3.54. The Morgan fingerprint density at radius 3 is 2.35 bits per heavy atom. The van der Waals surface area contributed by atoms with Crippen LogP contribution < -0.4 is 10.6 Å². The number of carbonyl (C=O) groups excluding carboxylic acids is 3. The molecule has 0 radical (unpaired) electrons. The second kappa shape index (κ2) is 9.15. The summed E-state index contributed by atoms with van der Waals surface area (Å²) >= 11 is 3.31. The molecule has 2 N–H and O–H groups in total. The van der Waals surface area contributed by atoms with Gasteiger partial charge in [-0.15, -0.1) is 0 Å². The molecule has 0 unspecified atom stereocenters. The van der Waals surface area contributed by atoms with Gasteiger partial charge in [0, 0.05) is 48.3 Å². The zero-order chi connectivity index (χ0) is 19.1. The quantitative estimate of drug-likeness (QED) is 0.758. The number of anilines is 1. The van der Waals surface area contributed by atoms with Gasteiger partial charge in [0.15, 0.2) is 0 Å². The highest BCUT2D eigenvalue weighted by atomic mass is 79.9. The minimum atomic E-state index is -0.240. The van der Waals surface area contributed by atoms with E-state index in [1.165, 1.54) is 4.90 Å². The van der Waals surface area contributed by atoms with Gasteiger partial charge in [-0.2, -0.15) is 0 Å². The molecule has 136 valence electrons. The number of nitrogens with zero attached hydrogens (tertiary/aromatic N) is 1. The topological polar surface area (TPSA) is 78.5 Å². The summed E-state index contributed by atoms with van der Waals surface area (Å²) in [5.41, 5.74) is 1.57. The van der Waals surface area contributed by atoms with E-state index in [1.807, 2.05) is 0 Å². The van der Waals surface area contributed by atoms with E-state index in [0.717, 1.165) is 4.47 Å². The molecule has 0 heterocycles. The summed E-state index contributed by atoms with van der Waals surface area (Å²) in [6.07, 6.45) is 0.133. The molecule has 7 heteroatoms. The Labute approximate surface area is 160 Å². The van der Waals surface area contributed by atoms with Crippen molar-refractivity contribution in [3.63, 3.8) is 0 Å². The summed E-state index contributed by atoms with van der Waals surface area (Å²) < 4.78 is 0.892. The molecule has 0 spiro atoms. The first-order valence-electron chi connectivity index (χ1n) is 8.02. The predicted molar refractivity (Wildman–Crippen MR) is 104 cm³/mol. The van der Waals surface area contributed by atoms with Crippen LogP contribution in [0.25, 0.3) is 0 Å². The zero-order valence-electron chi connectivity index (χ0n) is 14.6. The molecule has 2 aromatic rings. The number of rotatable bonds is 6. The van der Waals surface area contributed by atoms with Crippen LogP contribution in [0.4, 0.5) is 5.69 Å². The molecule has 2 rings (SSSR count). The molecule has 0 saturated heterocycles. The number of hydrogen-bond acceptors (Lipinski definition) is 3. The number of benzene rings is 2. The summed E-state index contributed by atoms with van der Waals surface area (Å²) in [4.78, 5) is 37.4. The Morgan fingerprint density at radius 1 is 1.00 bits per heavy atom. The van der Waals surface area contributed by atoms with E-state index in [4.69, 9.17) is 0 Å². The van der Waals surface area contributed by atoms with Gasteiger partial charge in [0.1, 0.15) is 0 Å². The second-order valence-electron chi connectivity index (χ2n) is 5.84. The van der Waals surface area contributed by atoms with Crippen LogP contribution in [0.1, 0.15) is 27.1 Å². The largest absolute Gasteiger partial charge is 0.352 e. The number of carbonyl (C=O) groups is 3. The molecule has 0 fully saturated rings. The van der Waals surface area contributed by atoms with Crippen molar-refractivity contribution >= 4 is 39.3 Å². The maximum absolute atomic E-state index is 12.0. The molecule has 2 aromatic carbocycles. The lowest BCUT2D eigenvalue weighted by atomic mass is 10.1. The van der Waals surface area contributed by atoms with Gasteiger partial charge in [-0.1, -0.05) is 22.0 Å². The number of amides is 3. The highest BCUT2D eigenvalue weighted by molar-refractivity contribution is 9.10. The van der Waals surface area contributed by atoms with E-state index in [9.17, 15) is 14.4 Å². The summed E-state index contributed by atoms with van der Waals surface area (Å²) in [7, 11) is 3.34. The maximum atomic E-state index is 12.0. The van der Waals surface area contributed by atoms with Crippen molar-refractivity contribution in [1.82, 2.24) is 10.2 Å². The van der Waals surface area contributed by atoms with Crippen molar-refractivity contribution < 1.29 is 14.4 Å². The van der Waals surface area contributed by atoms with Gasteiger partial charge >= 0.3 is 0 Å². The third kappa shape index (κ3) is 5.70. The van der Waals surface area contributed by atoms with Crippen LogP contribution in [0, 0.1) is 0 Å². The molecular weight excluding hydrogens is 398 g/mol. The molecule has 0 atom stereocenters. The van der Waals surface area contributed by atoms with Gasteiger partial charge in [0.05, 0.1) is 0 Å². The minimum Gasteiger partial charge on any atom is -0.352 e. The van der Waals surface area contributed by atoms with Crippen molar-refractivity contribution in [3.8, 4) is 0 Å². The Kier molecular flexibility index (Phi) is 6.91. The average Bonchev–Trinajstić information content (AvgIpc) is 2.61. The molecule has 26 heavy (non-hydrogen) atoms. The maximum Gasteiger partial charge on any atom is 0.253 e. The van der Waals surface area contributed by atoms with Crippen LogP contribution in [0.2, 0.25) is 0 Å². The molecule has 6 nitrogen and oxygen atoms in total. The van der Waals surface area contributed by atoms with Crippen molar-refractivity contribution in [1.29, 1.82) is 0 Å². The molecule has 0 aliphatic rings. The van der Waals surface area contributed by atoms with Gasteiger partial charge in [-0.25, -0.2) is 0 Å². The molecule has 0 aliphatic heterocycles. The van der Waals surface area contributed by atoms with E-state index in [-0.39, 0.29) is 30.7 Å². The monoisotopic (exact) mass is 417 g/mol. The zero-order valence-corrected chi connectivity index (χ0v) is 16.2. The number of nitrogens with one attached hydrogen (secondary N) is 2. The van der Waals surface area contributed by atoms with Crippen LogP contribution >= 0.6 is 15.9 Å². The van der Waals surface area contributed by atoms with Crippen molar-refractivity contribution in [2.24, 2.45) is 0 Å². The van der Waals surface area contributed by atoms with Gasteiger partial charge in [0.2, 0.25) is 5.91 Å². The summed E-state index contributed by atoms with van der Waals surface area (Å²) in [6, 6.07) is 13.7. The van der Waals surface area contributed by atoms with Crippen LogP contribution in [-0.4, -0.2) is 43.3 Å². The molecule has 0 bridgehead atoms. The fraction of sp³-hybridized carbons (Fsp3) is 0.211. The smallest absolute Gasteiger partial charge is 0.253 e. The van der Waals surface area contributed by atoms with E-state index in [2.05, 4.69) is 26.6 Å². The molecule has 0 aromatic heterocycles. The van der Waals surface area contributed by atoms with Gasteiger partial charge in [-0.3, -0.25) is 14.4 Å². The number of hydrogen-bond donors (Lipinski definition) is 2. The van der Waals surface area contributed by atoms with Crippen LogP contribution in [0.3, 0.4) is 0 Å². The van der Waals surface area contributed by atoms with E-state index in [1.54, 1.807) is 62.6 Å². The fourth-order valence-electron chi connectivity index (χ4n) is 2.20. The number of halogens is 1. The van der Waals surface area contributed by atoms with Crippen LogP contribution in [-0.2, 0) is 4.79 Å². The Morgan fingerprint density at radius 2 is 1.69 bits per heavy atom. The third-order valence-corrected chi connectivity index (χ3v) is 4.07. The molecular formula is C19H20BrN3O3. The second-order valence-corrected chi connectivity index (χ2v) is 6.76. The summed E-state index contributed by atoms with van der Waals surface area (Å²) in [5.74, 6) is -0.609. The lowest BCUT2D eigenvalue weighted by Crippen LogP contribution is -2.27. The van der Waals surface area contributed by atoms with Crippen LogP contribution in [0.5, 0.6) is 0 Å². The van der Waals surface area contributed by atoms with E-state index >= 15 is 0 Å². The van der Waals surface area contributed by atoms with Crippen molar-refractivity contribution in [3.05, 3.63) is 64.1 Å².